The van der Waals surface area contributed by atoms with Crippen molar-refractivity contribution in [3.63, 3.8) is 0 Å². The van der Waals surface area contributed by atoms with Crippen LogP contribution in [0.15, 0.2) is 16.6 Å². The van der Waals surface area contributed by atoms with Gasteiger partial charge < -0.3 is 14.7 Å². The number of benzene rings is 1. The van der Waals surface area contributed by atoms with Crippen LogP contribution in [-0.2, 0) is 4.79 Å². The SMILES string of the molecule is C[C@H](O)c1cc(Br)cc([N+](=O)[O-])c1OC1CCN(C)C1=O. The van der Waals surface area contributed by atoms with E-state index < -0.39 is 17.1 Å². The van der Waals surface area contributed by atoms with E-state index in [-0.39, 0.29) is 22.9 Å². The Bertz CT molecular complexity index is 590. The number of hydrogen-bond donors (Lipinski definition) is 1. The van der Waals surface area contributed by atoms with Gasteiger partial charge in [-0.25, -0.2) is 0 Å². The average Bonchev–Trinajstić information content (AvgIpc) is 2.71. The van der Waals surface area contributed by atoms with Crippen molar-refractivity contribution in [2.24, 2.45) is 0 Å². The summed E-state index contributed by atoms with van der Waals surface area (Å²) in [5.74, 6) is -0.268. The van der Waals surface area contributed by atoms with Gasteiger partial charge in [-0.3, -0.25) is 14.9 Å². The van der Waals surface area contributed by atoms with Crippen LogP contribution in [0.3, 0.4) is 0 Å². The summed E-state index contributed by atoms with van der Waals surface area (Å²) in [6.45, 7) is 2.03. The standard InChI is InChI=1S/C13H15BrN2O5/c1-7(17)9-5-8(14)6-10(16(19)20)12(9)21-11-3-4-15(2)13(11)18/h5-7,11,17H,3-4H2,1-2H3/t7-,11?/m0/s1. The number of halogens is 1. The highest BCUT2D eigenvalue weighted by Gasteiger charge is 2.34. The lowest BCUT2D eigenvalue weighted by Gasteiger charge is -2.17. The Balaban J connectivity index is 2.45. The lowest BCUT2D eigenvalue weighted by molar-refractivity contribution is -0.386. The average molecular weight is 359 g/mol. The first kappa shape index (κ1) is 15.7. The van der Waals surface area contributed by atoms with Gasteiger partial charge in [0.2, 0.25) is 5.75 Å². The molecule has 0 spiro atoms. The van der Waals surface area contributed by atoms with E-state index in [0.717, 1.165) is 0 Å². The monoisotopic (exact) mass is 358 g/mol. The third-order valence-corrected chi connectivity index (χ3v) is 3.81. The molecule has 0 aromatic heterocycles. The first-order chi connectivity index (χ1) is 9.81. The summed E-state index contributed by atoms with van der Waals surface area (Å²) in [6, 6.07) is 2.85. The molecule has 1 heterocycles. The summed E-state index contributed by atoms with van der Waals surface area (Å²) in [5, 5.41) is 21.0. The maximum absolute atomic E-state index is 11.9. The number of amides is 1. The van der Waals surface area contributed by atoms with Crippen LogP contribution in [0.2, 0.25) is 0 Å². The minimum Gasteiger partial charge on any atom is -0.473 e. The van der Waals surface area contributed by atoms with Crippen LogP contribution >= 0.6 is 15.9 Å². The highest BCUT2D eigenvalue weighted by Crippen LogP contribution is 2.39. The first-order valence-corrected chi connectivity index (χ1v) is 7.18. The van der Waals surface area contributed by atoms with Crippen molar-refractivity contribution in [3.8, 4) is 5.75 Å². The molecule has 0 radical (unpaired) electrons. The normalized spacial score (nSPS) is 19.7. The molecule has 21 heavy (non-hydrogen) atoms. The molecule has 1 aromatic rings. The number of nitro benzene ring substituents is 1. The van der Waals surface area contributed by atoms with Crippen molar-refractivity contribution in [1.29, 1.82) is 0 Å². The number of likely N-dealkylation sites (tertiary alicyclic amines) is 1. The Morgan fingerprint density at radius 3 is 2.71 bits per heavy atom. The molecule has 1 aliphatic rings. The zero-order valence-corrected chi connectivity index (χ0v) is 13.2. The molecule has 0 bridgehead atoms. The molecule has 114 valence electrons. The van der Waals surface area contributed by atoms with Crippen molar-refractivity contribution in [3.05, 3.63) is 32.3 Å². The lowest BCUT2D eigenvalue weighted by Crippen LogP contribution is -2.30. The number of carbonyl (C=O) groups excluding carboxylic acids is 1. The second kappa shape index (κ2) is 5.98. The molecule has 1 fully saturated rings. The van der Waals surface area contributed by atoms with Crippen molar-refractivity contribution in [1.82, 2.24) is 4.90 Å². The van der Waals surface area contributed by atoms with Crippen molar-refractivity contribution in [2.45, 2.75) is 25.6 Å². The maximum atomic E-state index is 11.9. The molecule has 0 saturated carbocycles. The van der Waals surface area contributed by atoms with Gasteiger partial charge in [-0.1, -0.05) is 15.9 Å². The van der Waals surface area contributed by atoms with Gasteiger partial charge >= 0.3 is 5.69 Å². The molecule has 8 heteroatoms. The number of nitrogens with zero attached hydrogens (tertiary/aromatic N) is 2. The van der Waals surface area contributed by atoms with Gasteiger partial charge in [0.05, 0.1) is 11.0 Å². The molecule has 0 aliphatic carbocycles. The number of ether oxygens (including phenoxy) is 1. The van der Waals surface area contributed by atoms with E-state index in [4.69, 9.17) is 4.74 Å². The second-order valence-corrected chi connectivity index (χ2v) is 5.85. The molecule has 1 aliphatic heterocycles. The number of aliphatic hydroxyl groups is 1. The number of rotatable bonds is 4. The Morgan fingerprint density at radius 2 is 2.24 bits per heavy atom. The highest BCUT2D eigenvalue weighted by atomic mass is 79.9. The van der Waals surface area contributed by atoms with E-state index in [1.807, 2.05) is 0 Å². The van der Waals surface area contributed by atoms with E-state index in [0.29, 0.717) is 17.4 Å². The predicted molar refractivity (Wildman–Crippen MR) is 78.1 cm³/mol. The molecule has 7 nitrogen and oxygen atoms in total. The van der Waals surface area contributed by atoms with Crippen molar-refractivity contribution < 1.29 is 19.6 Å². The molecule has 1 saturated heterocycles. The van der Waals surface area contributed by atoms with Crippen LogP contribution < -0.4 is 4.74 Å². The fourth-order valence-corrected chi connectivity index (χ4v) is 2.68. The van der Waals surface area contributed by atoms with Crippen LogP contribution in [0.4, 0.5) is 5.69 Å². The van der Waals surface area contributed by atoms with Gasteiger partial charge in [0, 0.05) is 36.1 Å². The summed E-state index contributed by atoms with van der Waals surface area (Å²) >= 11 is 3.17. The van der Waals surface area contributed by atoms with Gasteiger partial charge in [-0.05, 0) is 13.0 Å². The Hall–Kier alpha value is -1.67. The summed E-state index contributed by atoms with van der Waals surface area (Å²) in [6.07, 6.45) is -1.25. The number of carbonyl (C=O) groups is 1. The van der Waals surface area contributed by atoms with Gasteiger partial charge in [0.15, 0.2) is 6.10 Å². The molecule has 1 N–H and O–H groups in total. The van der Waals surface area contributed by atoms with Gasteiger partial charge in [0.25, 0.3) is 5.91 Å². The molecule has 1 amide bonds. The smallest absolute Gasteiger partial charge is 0.312 e. The lowest BCUT2D eigenvalue weighted by atomic mass is 10.1. The fourth-order valence-electron chi connectivity index (χ4n) is 2.22. The topological polar surface area (TPSA) is 92.9 Å². The molecular formula is C13H15BrN2O5. The number of hydrogen-bond acceptors (Lipinski definition) is 5. The molecular weight excluding hydrogens is 344 g/mol. The minimum absolute atomic E-state index is 0.0492. The number of nitro groups is 1. The van der Waals surface area contributed by atoms with Crippen molar-refractivity contribution in [2.75, 3.05) is 13.6 Å². The summed E-state index contributed by atoms with van der Waals surface area (Å²) in [7, 11) is 1.65. The van der Waals surface area contributed by atoms with Gasteiger partial charge in [-0.2, -0.15) is 0 Å². The van der Waals surface area contributed by atoms with Gasteiger partial charge in [-0.15, -0.1) is 0 Å². The van der Waals surface area contributed by atoms with E-state index in [1.54, 1.807) is 13.1 Å². The second-order valence-electron chi connectivity index (χ2n) is 4.93. The summed E-state index contributed by atoms with van der Waals surface area (Å²) in [4.78, 5) is 24.0. The van der Waals surface area contributed by atoms with E-state index in [2.05, 4.69) is 15.9 Å². The number of likely N-dealkylation sites (N-methyl/N-ethyl adjacent to an activating group) is 1. The zero-order valence-electron chi connectivity index (χ0n) is 11.6. The van der Waals surface area contributed by atoms with E-state index >= 15 is 0 Å². The minimum atomic E-state index is -0.953. The van der Waals surface area contributed by atoms with Crippen LogP contribution in [0.1, 0.15) is 25.0 Å². The fraction of sp³-hybridized carbons (Fsp3) is 0.462. The number of aliphatic hydroxyl groups excluding tert-OH is 1. The summed E-state index contributed by atoms with van der Waals surface area (Å²) in [5.41, 5.74) is 0.000978. The Labute approximate surface area is 129 Å². The quantitative estimate of drug-likeness (QED) is 0.656. The van der Waals surface area contributed by atoms with Crippen LogP contribution in [0, 0.1) is 10.1 Å². The van der Waals surface area contributed by atoms with Gasteiger partial charge in [0.1, 0.15) is 0 Å². The largest absolute Gasteiger partial charge is 0.473 e. The first-order valence-electron chi connectivity index (χ1n) is 6.38. The molecule has 1 unspecified atom stereocenters. The predicted octanol–water partition coefficient (Wildman–Crippen LogP) is 2.02. The Morgan fingerprint density at radius 1 is 1.57 bits per heavy atom. The Kier molecular flexibility index (Phi) is 4.48. The van der Waals surface area contributed by atoms with E-state index in [1.165, 1.54) is 17.9 Å². The molecule has 2 atom stereocenters. The molecule has 1 aromatic carbocycles. The van der Waals surface area contributed by atoms with Crippen molar-refractivity contribution >= 4 is 27.5 Å². The zero-order chi connectivity index (χ0) is 15.7. The van der Waals surface area contributed by atoms with E-state index in [9.17, 15) is 20.0 Å². The van der Waals surface area contributed by atoms with Crippen LogP contribution in [0.5, 0.6) is 5.75 Å². The van der Waals surface area contributed by atoms with Crippen LogP contribution in [-0.4, -0.2) is 40.5 Å². The summed E-state index contributed by atoms with van der Waals surface area (Å²) < 4.78 is 6.05. The highest BCUT2D eigenvalue weighted by molar-refractivity contribution is 9.10. The third kappa shape index (κ3) is 3.16. The molecule has 2 rings (SSSR count). The third-order valence-electron chi connectivity index (χ3n) is 3.35. The van der Waals surface area contributed by atoms with Crippen LogP contribution in [0.25, 0.3) is 0 Å². The maximum Gasteiger partial charge on any atom is 0.312 e.